The summed E-state index contributed by atoms with van der Waals surface area (Å²) >= 11 is 0. The van der Waals surface area contributed by atoms with Crippen molar-refractivity contribution in [2.45, 2.75) is 25.8 Å². The molecule has 30 heavy (non-hydrogen) atoms. The normalized spacial score (nSPS) is 13.1. The number of carbonyl (C=O) groups excluding carboxylic acids is 3. The van der Waals surface area contributed by atoms with E-state index in [0.717, 1.165) is 11.0 Å². The van der Waals surface area contributed by atoms with Gasteiger partial charge in [0.2, 0.25) is 0 Å². The maximum absolute atomic E-state index is 12.3. The molecule has 2 amide bonds. The number of aromatic nitrogens is 2. The van der Waals surface area contributed by atoms with Gasteiger partial charge in [-0.15, -0.1) is 0 Å². The molecule has 3 aromatic rings. The van der Waals surface area contributed by atoms with Crippen LogP contribution in [0.3, 0.4) is 0 Å². The maximum atomic E-state index is 12.3. The van der Waals surface area contributed by atoms with Crippen LogP contribution in [-0.4, -0.2) is 45.4 Å². The van der Waals surface area contributed by atoms with Crippen molar-refractivity contribution < 1.29 is 19.1 Å². The third kappa shape index (κ3) is 3.76. The van der Waals surface area contributed by atoms with E-state index < -0.39 is 5.97 Å². The van der Waals surface area contributed by atoms with E-state index in [1.807, 2.05) is 24.3 Å². The number of imidazole rings is 1. The molecule has 0 saturated heterocycles. The summed E-state index contributed by atoms with van der Waals surface area (Å²) in [5, 5.41) is 0. The molecule has 1 N–H and O–H groups in total. The maximum Gasteiger partial charge on any atom is 0.326 e. The van der Waals surface area contributed by atoms with Crippen molar-refractivity contribution in [3.05, 3.63) is 70.1 Å². The molecule has 4 rings (SSSR count). The molecule has 0 spiro atoms. The molecule has 0 unspecified atom stereocenters. The molecule has 0 atom stereocenters. The molecule has 154 valence electrons. The monoisotopic (exact) mass is 407 g/mol. The quantitative estimate of drug-likeness (QED) is 0.351. The van der Waals surface area contributed by atoms with Gasteiger partial charge in [-0.05, 0) is 37.1 Å². The highest BCUT2D eigenvalue weighted by atomic mass is 16.5. The van der Waals surface area contributed by atoms with Crippen molar-refractivity contribution in [3.63, 3.8) is 0 Å². The first-order valence-electron chi connectivity index (χ1n) is 9.84. The average molecular weight is 407 g/mol. The minimum Gasteiger partial charge on any atom is -0.466 e. The Balaban J connectivity index is 1.20. The van der Waals surface area contributed by atoms with Crippen LogP contribution in [0.2, 0.25) is 0 Å². The highest BCUT2D eigenvalue weighted by molar-refractivity contribution is 6.21. The number of fused-ring (bicyclic) bond motifs is 2. The Morgan fingerprint density at radius 3 is 2.27 bits per heavy atom. The standard InChI is InChI=1S/C22H21N3O5/c26-19(11-5-12-25-20(27)15-7-1-2-8-16(15)21(25)28)30-14-6-13-24-18-10-4-3-9-17(18)23-22(24)29/h1-4,7-10H,5-6,11-14H2,(H,23,29). The SMILES string of the molecule is O=C(CCCN1C(=O)c2ccccc2C1=O)OCCCn1c(=O)[nH]c2ccccc21. The van der Waals surface area contributed by atoms with Gasteiger partial charge in [0, 0.05) is 19.5 Å². The molecule has 0 saturated carbocycles. The van der Waals surface area contributed by atoms with Gasteiger partial charge in [0.05, 0.1) is 28.8 Å². The largest absolute Gasteiger partial charge is 0.466 e. The Kier molecular flexibility index (Phi) is 5.47. The van der Waals surface area contributed by atoms with E-state index in [2.05, 4.69) is 4.98 Å². The Bertz CT molecular complexity index is 1140. The van der Waals surface area contributed by atoms with E-state index in [-0.39, 0.29) is 37.1 Å². The summed E-state index contributed by atoms with van der Waals surface area (Å²) < 4.78 is 6.84. The predicted molar refractivity (Wildman–Crippen MR) is 109 cm³/mol. The van der Waals surface area contributed by atoms with E-state index in [9.17, 15) is 19.2 Å². The second kappa shape index (κ2) is 8.36. The van der Waals surface area contributed by atoms with E-state index in [1.165, 1.54) is 4.90 Å². The van der Waals surface area contributed by atoms with Crippen LogP contribution in [0.4, 0.5) is 0 Å². The summed E-state index contributed by atoms with van der Waals surface area (Å²) in [5.74, 6) is -1.04. The number of hydrogen-bond donors (Lipinski definition) is 1. The van der Waals surface area contributed by atoms with Crippen LogP contribution in [0, 0.1) is 0 Å². The lowest BCUT2D eigenvalue weighted by atomic mass is 10.1. The van der Waals surface area contributed by atoms with Gasteiger partial charge in [-0.25, -0.2) is 4.79 Å². The van der Waals surface area contributed by atoms with Gasteiger partial charge in [0.15, 0.2) is 0 Å². The van der Waals surface area contributed by atoms with Crippen LogP contribution in [0.25, 0.3) is 11.0 Å². The van der Waals surface area contributed by atoms with Crippen molar-refractivity contribution in [2.24, 2.45) is 0 Å². The van der Waals surface area contributed by atoms with E-state index in [0.29, 0.717) is 30.5 Å². The van der Waals surface area contributed by atoms with Gasteiger partial charge in [-0.1, -0.05) is 24.3 Å². The fourth-order valence-electron chi connectivity index (χ4n) is 3.63. The molecule has 2 heterocycles. The van der Waals surface area contributed by atoms with Gasteiger partial charge >= 0.3 is 11.7 Å². The van der Waals surface area contributed by atoms with Gasteiger partial charge in [-0.3, -0.25) is 23.9 Å². The van der Waals surface area contributed by atoms with Crippen molar-refractivity contribution in [1.29, 1.82) is 0 Å². The molecule has 1 aliphatic heterocycles. The molecular weight excluding hydrogens is 386 g/mol. The molecule has 1 aliphatic rings. The Morgan fingerprint density at radius 1 is 0.867 bits per heavy atom. The number of imide groups is 1. The molecule has 0 radical (unpaired) electrons. The van der Waals surface area contributed by atoms with Gasteiger partial charge in [-0.2, -0.15) is 0 Å². The number of ether oxygens (including phenoxy) is 1. The van der Waals surface area contributed by atoms with Crippen molar-refractivity contribution in [2.75, 3.05) is 13.2 Å². The first kappa shape index (κ1) is 19.6. The van der Waals surface area contributed by atoms with Crippen molar-refractivity contribution in [3.8, 4) is 0 Å². The number of aryl methyl sites for hydroxylation is 1. The van der Waals surface area contributed by atoms with E-state index >= 15 is 0 Å². The first-order valence-corrected chi connectivity index (χ1v) is 9.84. The summed E-state index contributed by atoms with van der Waals surface area (Å²) in [6, 6.07) is 14.1. The molecule has 0 bridgehead atoms. The van der Waals surface area contributed by atoms with E-state index in [4.69, 9.17) is 4.74 Å². The van der Waals surface area contributed by atoms with Crippen molar-refractivity contribution in [1.82, 2.24) is 14.5 Å². The van der Waals surface area contributed by atoms with Crippen LogP contribution in [-0.2, 0) is 16.1 Å². The van der Waals surface area contributed by atoms with E-state index in [1.54, 1.807) is 28.8 Å². The number of rotatable bonds is 8. The number of amides is 2. The Morgan fingerprint density at radius 2 is 1.53 bits per heavy atom. The third-order valence-electron chi connectivity index (χ3n) is 5.11. The number of benzene rings is 2. The molecule has 8 heteroatoms. The number of hydrogen-bond acceptors (Lipinski definition) is 5. The summed E-state index contributed by atoms with van der Waals surface area (Å²) in [4.78, 5) is 52.5. The fraction of sp³-hybridized carbons (Fsp3) is 0.273. The number of H-pyrrole nitrogens is 1. The summed E-state index contributed by atoms with van der Waals surface area (Å²) in [6.07, 6.45) is 0.957. The molecule has 0 fully saturated rings. The Hall–Kier alpha value is -3.68. The third-order valence-corrected chi connectivity index (χ3v) is 5.11. The number of aromatic amines is 1. The smallest absolute Gasteiger partial charge is 0.326 e. The number of esters is 1. The van der Waals surface area contributed by atoms with Crippen LogP contribution in [0.5, 0.6) is 0 Å². The number of nitrogens with one attached hydrogen (secondary N) is 1. The topological polar surface area (TPSA) is 101 Å². The van der Waals surface area contributed by atoms with Crippen molar-refractivity contribution >= 4 is 28.8 Å². The highest BCUT2D eigenvalue weighted by Crippen LogP contribution is 2.22. The lowest BCUT2D eigenvalue weighted by Gasteiger charge is -2.13. The molecule has 1 aromatic heterocycles. The molecular formula is C22H21N3O5. The van der Waals surface area contributed by atoms with Crippen LogP contribution >= 0.6 is 0 Å². The van der Waals surface area contributed by atoms with Gasteiger partial charge in [0.25, 0.3) is 11.8 Å². The first-order chi connectivity index (χ1) is 14.6. The van der Waals surface area contributed by atoms with Gasteiger partial charge < -0.3 is 9.72 Å². The second-order valence-corrected chi connectivity index (χ2v) is 7.08. The van der Waals surface area contributed by atoms with Crippen LogP contribution in [0.1, 0.15) is 40.0 Å². The predicted octanol–water partition coefficient (Wildman–Crippen LogP) is 2.34. The summed E-state index contributed by atoms with van der Waals surface area (Å²) in [6.45, 7) is 0.801. The minimum atomic E-state index is -0.391. The zero-order chi connectivity index (χ0) is 21.1. The summed E-state index contributed by atoms with van der Waals surface area (Å²) in [7, 11) is 0. The van der Waals surface area contributed by atoms with Crippen LogP contribution in [0.15, 0.2) is 53.3 Å². The molecule has 0 aliphatic carbocycles. The van der Waals surface area contributed by atoms with Crippen LogP contribution < -0.4 is 5.69 Å². The zero-order valence-electron chi connectivity index (χ0n) is 16.3. The Labute approximate surface area is 172 Å². The highest BCUT2D eigenvalue weighted by Gasteiger charge is 2.34. The minimum absolute atomic E-state index is 0.112. The fourth-order valence-corrected chi connectivity index (χ4v) is 3.63. The molecule has 8 nitrogen and oxygen atoms in total. The number of carbonyl (C=O) groups is 3. The lowest BCUT2D eigenvalue weighted by molar-refractivity contribution is -0.144. The van der Waals surface area contributed by atoms with Gasteiger partial charge in [0.1, 0.15) is 0 Å². The number of para-hydroxylation sites is 2. The second-order valence-electron chi connectivity index (χ2n) is 7.08. The summed E-state index contributed by atoms with van der Waals surface area (Å²) in [5.41, 5.74) is 2.20. The zero-order valence-corrected chi connectivity index (χ0v) is 16.3. The number of nitrogens with zero attached hydrogens (tertiary/aromatic N) is 2. The lowest BCUT2D eigenvalue weighted by Crippen LogP contribution is -2.31. The molecule has 2 aromatic carbocycles. The average Bonchev–Trinajstić information content (AvgIpc) is 3.20.